The van der Waals surface area contributed by atoms with Gasteiger partial charge in [0.15, 0.2) is 23.3 Å². The summed E-state index contributed by atoms with van der Waals surface area (Å²) in [6.07, 6.45) is 0. The molecule has 5 aromatic rings. The highest BCUT2D eigenvalue weighted by molar-refractivity contribution is 5.88. The van der Waals surface area contributed by atoms with Crippen molar-refractivity contribution in [3.05, 3.63) is 120 Å². The third kappa shape index (κ3) is 5.19. The Labute approximate surface area is 252 Å². The van der Waals surface area contributed by atoms with Crippen LogP contribution in [0.25, 0.3) is 0 Å². The van der Waals surface area contributed by atoms with Gasteiger partial charge < -0.3 is 18.9 Å². The topological polar surface area (TPSA) is 43.4 Å². The van der Waals surface area contributed by atoms with Gasteiger partial charge in [-0.2, -0.15) is 0 Å². The van der Waals surface area contributed by atoms with E-state index < -0.39 is 34.6 Å². The number of halogens is 4. The molecular weight excluding hydrogens is 576 g/mol. The summed E-state index contributed by atoms with van der Waals surface area (Å²) in [5.41, 5.74) is -1.61. The maximum Gasteiger partial charge on any atom is 0.188 e. The van der Waals surface area contributed by atoms with E-state index in [1.165, 1.54) is 52.7 Å². The van der Waals surface area contributed by atoms with Gasteiger partial charge in [-0.3, -0.25) is 9.80 Å². The largest absolute Gasteiger partial charge is 0.495 e. The number of nitrogens with zero attached hydrogens (tertiary/aromatic N) is 2. The number of para-hydroxylation sites is 8. The van der Waals surface area contributed by atoms with Gasteiger partial charge >= 0.3 is 0 Å². The summed E-state index contributed by atoms with van der Waals surface area (Å²) in [5.74, 6) is -5.90. The SMILES string of the molecule is COc1ccccc1N(c1ccccc1OC)c1c(F)c(F)c(N(c2ccccc2OC)c2ccccc2OC)c(F)c1F. The van der Waals surface area contributed by atoms with Crippen LogP contribution >= 0.6 is 0 Å². The van der Waals surface area contributed by atoms with Crippen LogP contribution in [0.4, 0.5) is 51.7 Å². The van der Waals surface area contributed by atoms with Gasteiger partial charge in [-0.1, -0.05) is 48.5 Å². The van der Waals surface area contributed by atoms with Crippen molar-refractivity contribution < 1.29 is 36.5 Å². The normalized spacial score (nSPS) is 10.7. The average molecular weight is 605 g/mol. The Hall–Kier alpha value is -5.38. The van der Waals surface area contributed by atoms with Crippen LogP contribution in [-0.4, -0.2) is 28.4 Å². The summed E-state index contributed by atoms with van der Waals surface area (Å²) in [5, 5.41) is 0. The van der Waals surface area contributed by atoms with Gasteiger partial charge in [0.05, 0.1) is 51.2 Å². The molecule has 0 spiro atoms. The summed E-state index contributed by atoms with van der Waals surface area (Å²) < 4.78 is 88.1. The molecule has 0 aliphatic rings. The van der Waals surface area contributed by atoms with Crippen molar-refractivity contribution in [3.63, 3.8) is 0 Å². The van der Waals surface area contributed by atoms with Gasteiger partial charge in [-0.05, 0) is 48.5 Å². The lowest BCUT2D eigenvalue weighted by Crippen LogP contribution is -2.21. The summed E-state index contributed by atoms with van der Waals surface area (Å²) in [6, 6.07) is 25.2. The fourth-order valence-electron chi connectivity index (χ4n) is 5.00. The predicted octanol–water partition coefficient (Wildman–Crippen LogP) is 9.22. The van der Waals surface area contributed by atoms with Crippen molar-refractivity contribution in [2.45, 2.75) is 0 Å². The van der Waals surface area contributed by atoms with E-state index in [2.05, 4.69) is 0 Å². The summed E-state index contributed by atoms with van der Waals surface area (Å²) in [4.78, 5) is 2.05. The standard InChI is InChI=1S/C34H28F4N2O4/c1-41-25-17-9-5-13-21(25)39(22-14-6-10-18-26(22)42-2)33-29(35)31(37)34(32(38)30(33)36)40(23-15-7-11-19-27(23)43-3)24-16-8-12-20-28(24)44-4/h5-20H,1-4H3. The van der Waals surface area contributed by atoms with Gasteiger partial charge in [-0.15, -0.1) is 0 Å². The number of benzene rings is 5. The molecule has 0 fully saturated rings. The summed E-state index contributed by atoms with van der Waals surface area (Å²) in [6.45, 7) is 0. The van der Waals surface area contributed by atoms with Crippen molar-refractivity contribution >= 4 is 34.1 Å². The second kappa shape index (κ2) is 12.9. The number of hydrogen-bond acceptors (Lipinski definition) is 6. The van der Waals surface area contributed by atoms with Crippen molar-refractivity contribution in [2.75, 3.05) is 38.2 Å². The number of rotatable bonds is 10. The van der Waals surface area contributed by atoms with Crippen LogP contribution in [-0.2, 0) is 0 Å². The van der Waals surface area contributed by atoms with Gasteiger partial charge in [0, 0.05) is 0 Å². The van der Waals surface area contributed by atoms with Gasteiger partial charge in [0.2, 0.25) is 0 Å². The Morgan fingerprint density at radius 1 is 0.364 bits per heavy atom. The van der Waals surface area contributed by atoms with E-state index in [0.717, 1.165) is 9.80 Å². The van der Waals surface area contributed by atoms with Crippen LogP contribution in [0.1, 0.15) is 0 Å². The van der Waals surface area contributed by atoms with Crippen molar-refractivity contribution in [2.24, 2.45) is 0 Å². The lowest BCUT2D eigenvalue weighted by Gasteiger charge is -2.32. The molecular formula is C34H28F4N2O4. The first-order valence-electron chi connectivity index (χ1n) is 13.4. The molecule has 0 bridgehead atoms. The molecule has 6 nitrogen and oxygen atoms in total. The molecule has 0 aliphatic heterocycles. The second-order valence-electron chi connectivity index (χ2n) is 9.31. The Morgan fingerprint density at radius 2 is 0.568 bits per heavy atom. The van der Waals surface area contributed by atoms with Crippen LogP contribution < -0.4 is 28.7 Å². The maximum absolute atomic E-state index is 16.6. The molecule has 0 unspecified atom stereocenters. The fourth-order valence-corrected chi connectivity index (χ4v) is 5.00. The van der Waals surface area contributed by atoms with E-state index >= 15 is 17.6 Å². The van der Waals surface area contributed by atoms with Crippen LogP contribution in [0.3, 0.4) is 0 Å². The van der Waals surface area contributed by atoms with E-state index in [4.69, 9.17) is 18.9 Å². The smallest absolute Gasteiger partial charge is 0.188 e. The molecule has 0 atom stereocenters. The van der Waals surface area contributed by atoms with E-state index in [1.54, 1.807) is 72.8 Å². The van der Waals surface area contributed by atoms with Crippen LogP contribution in [0.2, 0.25) is 0 Å². The molecule has 0 saturated heterocycles. The van der Waals surface area contributed by atoms with E-state index in [1.807, 2.05) is 0 Å². The molecule has 0 radical (unpaired) electrons. The Balaban J connectivity index is 1.87. The van der Waals surface area contributed by atoms with Gasteiger partial charge in [0.1, 0.15) is 34.4 Å². The first-order valence-corrected chi connectivity index (χ1v) is 13.4. The molecule has 10 heteroatoms. The van der Waals surface area contributed by atoms with Crippen molar-refractivity contribution in [1.29, 1.82) is 0 Å². The summed E-state index contributed by atoms with van der Waals surface area (Å²) >= 11 is 0. The highest BCUT2D eigenvalue weighted by atomic mass is 19.2. The maximum atomic E-state index is 16.6. The predicted molar refractivity (Wildman–Crippen MR) is 162 cm³/mol. The number of ether oxygens (including phenoxy) is 4. The minimum Gasteiger partial charge on any atom is -0.495 e. The molecule has 226 valence electrons. The van der Waals surface area contributed by atoms with Crippen LogP contribution in [0.5, 0.6) is 23.0 Å². The highest BCUT2D eigenvalue weighted by Gasteiger charge is 2.36. The minimum absolute atomic E-state index is 0.107. The minimum atomic E-state index is -1.66. The molecule has 0 saturated carbocycles. The Kier molecular flexibility index (Phi) is 8.80. The molecule has 0 heterocycles. The molecule has 44 heavy (non-hydrogen) atoms. The molecule has 0 aromatic heterocycles. The van der Waals surface area contributed by atoms with Crippen molar-refractivity contribution in [3.8, 4) is 23.0 Å². The summed E-state index contributed by atoms with van der Waals surface area (Å²) in [7, 11) is 5.48. The molecule has 0 amide bonds. The molecule has 0 aliphatic carbocycles. The zero-order chi connectivity index (χ0) is 31.4. The zero-order valence-electron chi connectivity index (χ0n) is 24.3. The molecule has 5 rings (SSSR count). The first kappa shape index (κ1) is 30.1. The molecule has 5 aromatic carbocycles. The third-order valence-electron chi connectivity index (χ3n) is 6.97. The number of anilines is 6. The third-order valence-corrected chi connectivity index (χ3v) is 6.97. The van der Waals surface area contributed by atoms with E-state index in [9.17, 15) is 0 Å². The van der Waals surface area contributed by atoms with Gasteiger partial charge in [-0.25, -0.2) is 17.6 Å². The Bertz CT molecular complexity index is 1550. The fraction of sp³-hybridized carbons (Fsp3) is 0.118. The highest BCUT2D eigenvalue weighted by Crippen LogP contribution is 2.51. The molecule has 0 N–H and O–H groups in total. The number of methoxy groups -OCH3 is 4. The Morgan fingerprint density at radius 3 is 0.773 bits per heavy atom. The zero-order valence-corrected chi connectivity index (χ0v) is 24.3. The van der Waals surface area contributed by atoms with Crippen molar-refractivity contribution in [1.82, 2.24) is 0 Å². The monoisotopic (exact) mass is 604 g/mol. The van der Waals surface area contributed by atoms with Crippen LogP contribution in [0.15, 0.2) is 97.1 Å². The second-order valence-corrected chi connectivity index (χ2v) is 9.31. The quantitative estimate of drug-likeness (QED) is 0.117. The van der Waals surface area contributed by atoms with E-state index in [-0.39, 0.29) is 45.7 Å². The lowest BCUT2D eigenvalue weighted by molar-refractivity contribution is 0.410. The van der Waals surface area contributed by atoms with Gasteiger partial charge in [0.25, 0.3) is 0 Å². The van der Waals surface area contributed by atoms with E-state index in [0.29, 0.717) is 0 Å². The average Bonchev–Trinajstić information content (AvgIpc) is 3.07. The first-order chi connectivity index (χ1) is 21.4. The number of hydrogen-bond donors (Lipinski definition) is 0. The van der Waals surface area contributed by atoms with Crippen LogP contribution in [0, 0.1) is 23.3 Å². The lowest BCUT2D eigenvalue weighted by atomic mass is 10.1.